The highest BCUT2D eigenvalue weighted by Gasteiger charge is 2.18. The number of para-hydroxylation sites is 4. The van der Waals surface area contributed by atoms with Crippen LogP contribution in [0, 0.1) is 27.7 Å². The van der Waals surface area contributed by atoms with Gasteiger partial charge in [-0.2, -0.15) is 0 Å². The minimum Gasteiger partial charge on any atom is -0.423 e. The number of carbonyl (C=O) groups excluding carboxylic acids is 4. The molecule has 0 unspecified atom stereocenters. The Balaban J connectivity index is 1.79. The maximum Gasteiger partial charge on any atom is 0.347 e. The Morgan fingerprint density at radius 3 is 0.979 bits per heavy atom. The highest BCUT2D eigenvalue weighted by molar-refractivity contribution is 5.95. The van der Waals surface area contributed by atoms with E-state index in [0.717, 1.165) is 0 Å². The summed E-state index contributed by atoms with van der Waals surface area (Å²) in [6, 6.07) is 26.4. The molecule has 4 aromatic carbocycles. The second kappa shape index (κ2) is 14.8. The Bertz CT molecular complexity index is 1950. The van der Waals surface area contributed by atoms with Gasteiger partial charge in [0, 0.05) is 11.1 Å². The lowest BCUT2D eigenvalue weighted by atomic mass is 10.1. The van der Waals surface area contributed by atoms with E-state index in [9.17, 15) is 19.2 Å². The number of aryl methyl sites for hydroxylation is 4. The first-order chi connectivity index (χ1) is 23.2. The maximum absolute atomic E-state index is 13.7. The van der Waals surface area contributed by atoms with Gasteiger partial charge in [0.05, 0.1) is 44.8 Å². The predicted octanol–water partition coefficient (Wildman–Crippen LogP) is 7.12. The van der Waals surface area contributed by atoms with Crippen molar-refractivity contribution in [2.24, 2.45) is 0 Å². The summed E-state index contributed by atoms with van der Waals surface area (Å²) in [7, 11) is 0. The van der Waals surface area contributed by atoms with E-state index in [-0.39, 0.29) is 22.6 Å². The van der Waals surface area contributed by atoms with E-state index in [1.54, 1.807) is 100 Å². The van der Waals surface area contributed by atoms with Crippen molar-refractivity contribution >= 4 is 46.6 Å². The van der Waals surface area contributed by atoms with Gasteiger partial charge < -0.3 is 9.47 Å². The van der Waals surface area contributed by atoms with Crippen LogP contribution < -0.4 is 9.47 Å². The average Bonchev–Trinajstić information content (AvgIpc) is 3.07. The fourth-order valence-corrected chi connectivity index (χ4v) is 4.91. The first-order valence-corrected chi connectivity index (χ1v) is 14.9. The molecule has 0 fully saturated rings. The molecule has 5 aromatic rings. The summed E-state index contributed by atoms with van der Waals surface area (Å²) in [4.78, 5) is 68.7. The fraction of sp³-hybridized carbons (Fsp3) is 0.105. The SMILES string of the molecule is Cc1nc2ccccc2nc(C)c(C(=O)Oc2ccc(C=O)cc2)c(C)nc2ccccc2nc(C)c1C(=O)Oc1ccc(C=O)cc1. The van der Waals surface area contributed by atoms with Crippen LogP contribution in [0.4, 0.5) is 0 Å². The molecule has 0 N–H and O–H groups in total. The van der Waals surface area contributed by atoms with Crippen LogP contribution in [0.2, 0.25) is 0 Å². The fourth-order valence-electron chi connectivity index (χ4n) is 4.91. The van der Waals surface area contributed by atoms with Crippen molar-refractivity contribution in [3.8, 4) is 11.5 Å². The van der Waals surface area contributed by atoms with Gasteiger partial charge in [0.2, 0.25) is 0 Å². The van der Waals surface area contributed by atoms with Gasteiger partial charge in [-0.05, 0) is 100 Å². The number of rotatable bonds is 6. The Labute approximate surface area is 276 Å². The summed E-state index contributed by atoms with van der Waals surface area (Å²) in [5.74, 6) is -0.905. The van der Waals surface area contributed by atoms with Crippen molar-refractivity contribution in [3.05, 3.63) is 142 Å². The molecule has 10 nitrogen and oxygen atoms in total. The highest BCUT2D eigenvalue weighted by atomic mass is 16.5. The van der Waals surface area contributed by atoms with Crippen LogP contribution in [-0.4, -0.2) is 44.4 Å². The van der Waals surface area contributed by atoms with Gasteiger partial charge in [0.25, 0.3) is 0 Å². The van der Waals surface area contributed by atoms with E-state index < -0.39 is 11.9 Å². The number of carbonyl (C=O) groups is 4. The lowest BCUT2D eigenvalue weighted by Gasteiger charge is -2.09. The first-order valence-electron chi connectivity index (χ1n) is 14.9. The van der Waals surface area contributed by atoms with Crippen molar-refractivity contribution in [1.29, 1.82) is 0 Å². The molecule has 0 radical (unpaired) electrons. The van der Waals surface area contributed by atoms with E-state index in [1.165, 1.54) is 24.3 Å². The number of benzene rings is 4. The molecule has 0 aliphatic heterocycles. The van der Waals surface area contributed by atoms with E-state index in [0.29, 0.717) is 68.5 Å². The van der Waals surface area contributed by atoms with Crippen molar-refractivity contribution < 1.29 is 28.7 Å². The molecule has 1 aromatic heterocycles. The van der Waals surface area contributed by atoms with Gasteiger partial charge in [-0.25, -0.2) is 9.59 Å². The zero-order valence-corrected chi connectivity index (χ0v) is 26.6. The monoisotopic (exact) mass is 638 g/mol. The van der Waals surface area contributed by atoms with Gasteiger partial charge in [-0.15, -0.1) is 0 Å². The Hall–Kier alpha value is -6.42. The molecular formula is C38H30N4O6. The lowest BCUT2D eigenvalue weighted by Crippen LogP contribution is -2.13. The standard InChI is InChI=1S/C38H30N4O6/c1-23-35(37(45)47-29-17-13-27(21-43)14-18-29)24(2)40-33-11-7-8-12-34(33)42-26(4)36(25(3)41-32-10-6-5-9-31(32)39-23)38(46)48-30-19-15-28(22-44)16-20-30/h5-22H,1-4H3. The number of nitrogens with zero attached hydrogens (tertiary/aromatic N) is 4. The minimum absolute atomic E-state index is 0.119. The topological polar surface area (TPSA) is 138 Å². The molecule has 0 atom stereocenters. The van der Waals surface area contributed by atoms with Crippen LogP contribution in [0.15, 0.2) is 97.1 Å². The minimum atomic E-state index is -0.697. The molecule has 0 saturated carbocycles. The molecule has 10 heteroatoms. The third-order valence-corrected chi connectivity index (χ3v) is 7.23. The highest BCUT2D eigenvalue weighted by Crippen LogP contribution is 2.20. The van der Waals surface area contributed by atoms with Crippen molar-refractivity contribution in [1.82, 2.24) is 19.9 Å². The second-order valence-corrected chi connectivity index (χ2v) is 10.7. The summed E-state index contributed by atoms with van der Waals surface area (Å²) < 4.78 is 11.4. The van der Waals surface area contributed by atoms with Gasteiger partial charge in [0.15, 0.2) is 0 Å². The van der Waals surface area contributed by atoms with Crippen LogP contribution >= 0.6 is 0 Å². The molecule has 0 saturated heterocycles. The Kier molecular flexibility index (Phi) is 10.1. The van der Waals surface area contributed by atoms with E-state index in [2.05, 4.69) is 0 Å². The third-order valence-electron chi connectivity index (χ3n) is 7.23. The van der Waals surface area contributed by atoms with Crippen LogP contribution in [0.3, 0.4) is 0 Å². The third kappa shape index (κ3) is 7.68. The smallest absolute Gasteiger partial charge is 0.347 e. The molecule has 1 heterocycles. The zero-order chi connectivity index (χ0) is 34.2. The van der Waals surface area contributed by atoms with E-state index in [4.69, 9.17) is 29.4 Å². The predicted molar refractivity (Wildman–Crippen MR) is 180 cm³/mol. The summed E-state index contributed by atoms with van der Waals surface area (Å²) >= 11 is 0. The largest absolute Gasteiger partial charge is 0.423 e. The number of aldehydes is 2. The van der Waals surface area contributed by atoms with Crippen molar-refractivity contribution in [2.75, 3.05) is 0 Å². The molecule has 48 heavy (non-hydrogen) atoms. The molecule has 238 valence electrons. The number of esters is 2. The van der Waals surface area contributed by atoms with Crippen LogP contribution in [-0.2, 0) is 0 Å². The van der Waals surface area contributed by atoms with Crippen molar-refractivity contribution in [2.45, 2.75) is 27.7 Å². The summed E-state index contributed by atoms with van der Waals surface area (Å²) in [6.07, 6.45) is 1.40. The van der Waals surface area contributed by atoms with Gasteiger partial charge in [-0.1, -0.05) is 24.3 Å². The Morgan fingerprint density at radius 2 is 0.729 bits per heavy atom. The average molecular weight is 639 g/mol. The molecular weight excluding hydrogens is 608 g/mol. The summed E-state index contributed by atoms with van der Waals surface area (Å²) in [5, 5.41) is 0. The van der Waals surface area contributed by atoms with E-state index in [1.807, 2.05) is 0 Å². The molecule has 0 aliphatic carbocycles. The summed E-state index contributed by atoms with van der Waals surface area (Å²) in [6.45, 7) is 6.68. The maximum atomic E-state index is 13.7. The quantitative estimate of drug-likeness (QED) is 0.107. The van der Waals surface area contributed by atoms with Gasteiger partial charge in [0.1, 0.15) is 35.2 Å². The number of fused-ring (bicyclic) bond motifs is 2. The second-order valence-electron chi connectivity index (χ2n) is 10.7. The van der Waals surface area contributed by atoms with Crippen molar-refractivity contribution in [3.63, 3.8) is 0 Å². The normalized spacial score (nSPS) is 10.4. The van der Waals surface area contributed by atoms with E-state index >= 15 is 0 Å². The number of aromatic nitrogens is 4. The number of hydrogen-bond donors (Lipinski definition) is 0. The first kappa shape index (κ1) is 33.0. The lowest BCUT2D eigenvalue weighted by molar-refractivity contribution is 0.0722. The molecule has 0 spiro atoms. The Morgan fingerprint density at radius 1 is 0.458 bits per heavy atom. The number of hydrogen-bond acceptors (Lipinski definition) is 10. The van der Waals surface area contributed by atoms with Crippen LogP contribution in [0.5, 0.6) is 11.5 Å². The van der Waals surface area contributed by atoms with Crippen LogP contribution in [0.1, 0.15) is 64.2 Å². The summed E-state index contributed by atoms with van der Waals surface area (Å²) in [5.41, 5.74) is 4.05. The number of ether oxygens (including phenoxy) is 2. The van der Waals surface area contributed by atoms with Gasteiger partial charge in [-0.3, -0.25) is 29.5 Å². The zero-order valence-electron chi connectivity index (χ0n) is 26.6. The molecule has 5 rings (SSSR count). The molecule has 0 amide bonds. The molecule has 0 bridgehead atoms. The van der Waals surface area contributed by atoms with Gasteiger partial charge >= 0.3 is 11.9 Å². The molecule has 0 aliphatic rings. The van der Waals surface area contributed by atoms with Crippen LogP contribution in [0.25, 0.3) is 22.1 Å².